The van der Waals surface area contributed by atoms with E-state index in [-0.39, 0.29) is 22.5 Å². The summed E-state index contributed by atoms with van der Waals surface area (Å²) in [6.45, 7) is 2.23. The number of amides is 1. The smallest absolute Gasteiger partial charge is 0.265 e. The summed E-state index contributed by atoms with van der Waals surface area (Å²) in [5, 5.41) is 0. The molecule has 4 rings (SSSR count). The van der Waals surface area contributed by atoms with Gasteiger partial charge in [-0.3, -0.25) is 9.52 Å². The number of rotatable bonds is 5. The third-order valence-corrected chi connectivity index (χ3v) is 6.78. The first-order valence-corrected chi connectivity index (χ1v) is 11.1. The lowest BCUT2D eigenvalue weighted by molar-refractivity contribution is -0.119. The molecule has 1 fully saturated rings. The van der Waals surface area contributed by atoms with E-state index in [2.05, 4.69) is 4.72 Å². The van der Waals surface area contributed by atoms with E-state index in [1.807, 2.05) is 4.90 Å². The molecule has 1 saturated carbocycles. The first-order chi connectivity index (χ1) is 13.8. The first-order valence-electron chi connectivity index (χ1n) is 9.61. The number of benzene rings is 2. The van der Waals surface area contributed by atoms with Gasteiger partial charge in [0, 0.05) is 23.8 Å². The molecule has 0 aromatic heterocycles. The summed E-state index contributed by atoms with van der Waals surface area (Å²) in [5.74, 6) is -0.261. The largest absolute Gasteiger partial charge is 0.495 e. The van der Waals surface area contributed by atoms with Crippen LogP contribution in [0.1, 0.15) is 30.4 Å². The van der Waals surface area contributed by atoms with E-state index in [0.717, 1.165) is 43.0 Å². The molecule has 1 amide bonds. The van der Waals surface area contributed by atoms with Crippen molar-refractivity contribution in [3.63, 3.8) is 0 Å². The number of fused-ring (bicyclic) bond motifs is 1. The number of aryl methyl sites for hydroxylation is 2. The molecule has 0 bridgehead atoms. The lowest BCUT2D eigenvalue weighted by Gasteiger charge is -2.30. The van der Waals surface area contributed by atoms with Crippen LogP contribution in [0.25, 0.3) is 0 Å². The van der Waals surface area contributed by atoms with Crippen LogP contribution in [0.2, 0.25) is 0 Å². The summed E-state index contributed by atoms with van der Waals surface area (Å²) in [7, 11) is -2.71. The summed E-state index contributed by atoms with van der Waals surface area (Å²) < 4.78 is 47.4. The van der Waals surface area contributed by atoms with Gasteiger partial charge in [0.15, 0.2) is 0 Å². The van der Waals surface area contributed by atoms with Gasteiger partial charge in [0.05, 0.1) is 7.11 Å². The highest BCUT2D eigenvalue weighted by Crippen LogP contribution is 2.37. The molecular weight excluding hydrogens is 395 g/mol. The maximum absolute atomic E-state index is 14.0. The van der Waals surface area contributed by atoms with Crippen LogP contribution in [0.4, 0.5) is 15.8 Å². The molecule has 0 saturated heterocycles. The number of halogens is 1. The van der Waals surface area contributed by atoms with Gasteiger partial charge in [-0.1, -0.05) is 0 Å². The van der Waals surface area contributed by atoms with Crippen molar-refractivity contribution in [1.82, 2.24) is 0 Å². The van der Waals surface area contributed by atoms with Crippen molar-refractivity contribution < 1.29 is 22.3 Å². The van der Waals surface area contributed by atoms with E-state index in [1.165, 1.54) is 13.2 Å². The predicted molar refractivity (Wildman–Crippen MR) is 108 cm³/mol. The summed E-state index contributed by atoms with van der Waals surface area (Å²) in [6.07, 6.45) is 3.48. The highest BCUT2D eigenvalue weighted by Gasteiger charge is 2.35. The van der Waals surface area contributed by atoms with Crippen molar-refractivity contribution in [3.8, 4) is 5.75 Å². The molecular formula is C21H23FN2O4S. The highest BCUT2D eigenvalue weighted by atomic mass is 32.2. The molecule has 1 aliphatic heterocycles. The standard InChI is InChI=1S/C21H23FN2O4S/c1-13-10-19(28-2)20(12-17(13)22)29(26,27)23-16-7-8-18-15(11-16)4-3-9-24(18)21(25)14-5-6-14/h7-8,10-12,14,23H,3-6,9H2,1-2H3. The minimum absolute atomic E-state index is 0.0792. The van der Waals surface area contributed by atoms with Crippen molar-refractivity contribution in [2.24, 2.45) is 5.92 Å². The van der Waals surface area contributed by atoms with Crippen molar-refractivity contribution in [3.05, 3.63) is 47.3 Å². The zero-order valence-corrected chi connectivity index (χ0v) is 17.2. The third-order valence-electron chi connectivity index (χ3n) is 5.38. The van der Waals surface area contributed by atoms with Crippen LogP contribution in [0.15, 0.2) is 35.2 Å². The fourth-order valence-electron chi connectivity index (χ4n) is 3.66. The molecule has 154 valence electrons. The quantitative estimate of drug-likeness (QED) is 0.805. The van der Waals surface area contributed by atoms with Crippen LogP contribution >= 0.6 is 0 Å². The molecule has 1 N–H and O–H groups in total. The Bertz CT molecular complexity index is 1080. The SMILES string of the molecule is COc1cc(C)c(F)cc1S(=O)(=O)Nc1ccc2c(c1)CCCN2C(=O)C1CC1. The Kier molecular flexibility index (Phi) is 4.98. The molecule has 6 nitrogen and oxygen atoms in total. The Hall–Kier alpha value is -2.61. The highest BCUT2D eigenvalue weighted by molar-refractivity contribution is 7.92. The Morgan fingerprint density at radius 2 is 2.00 bits per heavy atom. The van der Waals surface area contributed by atoms with Crippen LogP contribution in [-0.4, -0.2) is 28.0 Å². The number of nitrogens with one attached hydrogen (secondary N) is 1. The van der Waals surface area contributed by atoms with Gasteiger partial charge in [0.25, 0.3) is 10.0 Å². The van der Waals surface area contributed by atoms with Crippen molar-refractivity contribution in [2.45, 2.75) is 37.5 Å². The van der Waals surface area contributed by atoms with E-state index in [0.29, 0.717) is 17.8 Å². The zero-order valence-electron chi connectivity index (χ0n) is 16.4. The molecule has 0 radical (unpaired) electrons. The number of hydrogen-bond donors (Lipinski definition) is 1. The fourth-order valence-corrected chi connectivity index (χ4v) is 4.87. The van der Waals surface area contributed by atoms with E-state index in [4.69, 9.17) is 4.74 Å². The van der Waals surface area contributed by atoms with E-state index >= 15 is 0 Å². The third kappa shape index (κ3) is 3.81. The number of hydrogen-bond acceptors (Lipinski definition) is 4. The van der Waals surface area contributed by atoms with Gasteiger partial charge in [-0.2, -0.15) is 0 Å². The molecule has 2 aliphatic rings. The molecule has 0 atom stereocenters. The molecule has 0 unspecified atom stereocenters. The lowest BCUT2D eigenvalue weighted by Crippen LogP contribution is -2.36. The van der Waals surface area contributed by atoms with Gasteiger partial charge in [-0.15, -0.1) is 0 Å². The fraction of sp³-hybridized carbons (Fsp3) is 0.381. The molecule has 1 heterocycles. The van der Waals surface area contributed by atoms with Gasteiger partial charge < -0.3 is 9.64 Å². The van der Waals surface area contributed by atoms with Crippen LogP contribution in [0, 0.1) is 18.7 Å². The van der Waals surface area contributed by atoms with Crippen LogP contribution in [0.5, 0.6) is 5.75 Å². The number of carbonyl (C=O) groups is 1. The summed E-state index contributed by atoms with van der Waals surface area (Å²) in [4.78, 5) is 14.1. The lowest BCUT2D eigenvalue weighted by atomic mass is 10.0. The topological polar surface area (TPSA) is 75.7 Å². The van der Waals surface area contributed by atoms with Crippen molar-refractivity contribution in [2.75, 3.05) is 23.3 Å². The molecule has 0 spiro atoms. The van der Waals surface area contributed by atoms with E-state index in [1.54, 1.807) is 25.1 Å². The van der Waals surface area contributed by atoms with Gasteiger partial charge in [0.1, 0.15) is 16.5 Å². The molecule has 2 aromatic carbocycles. The second kappa shape index (κ2) is 7.33. The molecule has 29 heavy (non-hydrogen) atoms. The van der Waals surface area contributed by atoms with Gasteiger partial charge in [0.2, 0.25) is 5.91 Å². The first kappa shape index (κ1) is 19.7. The van der Waals surface area contributed by atoms with E-state index in [9.17, 15) is 17.6 Å². The maximum atomic E-state index is 14.0. The van der Waals surface area contributed by atoms with Crippen molar-refractivity contribution >= 4 is 27.3 Å². The zero-order chi connectivity index (χ0) is 20.8. The molecule has 1 aliphatic carbocycles. The number of ether oxygens (including phenoxy) is 1. The molecule has 8 heteroatoms. The average Bonchev–Trinajstić information content (AvgIpc) is 3.53. The Morgan fingerprint density at radius 3 is 2.69 bits per heavy atom. The Labute approximate surface area is 169 Å². The Balaban J connectivity index is 1.63. The number of methoxy groups -OCH3 is 1. The van der Waals surface area contributed by atoms with E-state index < -0.39 is 15.8 Å². The number of nitrogens with zero attached hydrogens (tertiary/aromatic N) is 1. The summed E-state index contributed by atoms with van der Waals surface area (Å²) in [5.41, 5.74) is 2.44. The van der Waals surface area contributed by atoms with Crippen LogP contribution in [0.3, 0.4) is 0 Å². The maximum Gasteiger partial charge on any atom is 0.265 e. The number of anilines is 2. The van der Waals surface area contributed by atoms with Crippen LogP contribution in [-0.2, 0) is 21.2 Å². The van der Waals surface area contributed by atoms with Crippen molar-refractivity contribution in [1.29, 1.82) is 0 Å². The summed E-state index contributed by atoms with van der Waals surface area (Å²) in [6, 6.07) is 7.48. The monoisotopic (exact) mass is 418 g/mol. The number of carbonyl (C=O) groups excluding carboxylic acids is 1. The van der Waals surface area contributed by atoms with Gasteiger partial charge in [-0.25, -0.2) is 12.8 Å². The average molecular weight is 418 g/mol. The van der Waals surface area contributed by atoms with Crippen LogP contribution < -0.4 is 14.4 Å². The Morgan fingerprint density at radius 1 is 1.24 bits per heavy atom. The predicted octanol–water partition coefficient (Wildman–Crippen LogP) is 3.63. The summed E-state index contributed by atoms with van der Waals surface area (Å²) >= 11 is 0. The van der Waals surface area contributed by atoms with Gasteiger partial charge in [-0.05, 0) is 74.1 Å². The van der Waals surface area contributed by atoms with Gasteiger partial charge >= 0.3 is 0 Å². The normalized spacial score (nSPS) is 16.3. The second-order valence-electron chi connectivity index (χ2n) is 7.57. The molecule has 2 aromatic rings. The second-order valence-corrected chi connectivity index (χ2v) is 9.22. The number of sulfonamides is 1. The minimum atomic E-state index is -4.05. The minimum Gasteiger partial charge on any atom is -0.495 e.